The third-order valence-corrected chi connectivity index (χ3v) is 3.46. The average Bonchev–Trinajstić information content (AvgIpc) is 2.47. The molecule has 0 saturated carbocycles. The molecule has 0 aliphatic heterocycles. The summed E-state index contributed by atoms with van der Waals surface area (Å²) in [4.78, 5) is 13.4. The molecule has 0 amide bonds. The van der Waals surface area contributed by atoms with Crippen LogP contribution in [0.4, 0.5) is 0 Å². The van der Waals surface area contributed by atoms with E-state index in [1.165, 1.54) is 12.7 Å². The smallest absolute Gasteiger partial charge is 0.307 e. The lowest BCUT2D eigenvalue weighted by Crippen LogP contribution is -2.36. The number of carbonyl (C=O) groups is 1. The van der Waals surface area contributed by atoms with Gasteiger partial charge in [-0.2, -0.15) is 0 Å². The molecular formula is C16H26N2O3. The summed E-state index contributed by atoms with van der Waals surface area (Å²) in [7, 11) is 7.15. The van der Waals surface area contributed by atoms with Crippen LogP contribution in [0.2, 0.25) is 0 Å². The molecule has 5 nitrogen and oxygen atoms in total. The SMILES string of the molecule is COC(=O)CC(C)NCC(c1cccc(OC)c1)N(C)C. The predicted molar refractivity (Wildman–Crippen MR) is 83.5 cm³/mol. The van der Waals surface area contributed by atoms with Gasteiger partial charge in [0.15, 0.2) is 0 Å². The average molecular weight is 294 g/mol. The van der Waals surface area contributed by atoms with Crippen LogP contribution in [0.25, 0.3) is 0 Å². The van der Waals surface area contributed by atoms with Gasteiger partial charge in [-0.25, -0.2) is 0 Å². The molecule has 0 radical (unpaired) electrons. The molecule has 21 heavy (non-hydrogen) atoms. The van der Waals surface area contributed by atoms with Crippen LogP contribution < -0.4 is 10.1 Å². The molecule has 0 spiro atoms. The second kappa shape index (κ2) is 8.64. The van der Waals surface area contributed by atoms with Gasteiger partial charge in [0.05, 0.1) is 20.6 Å². The van der Waals surface area contributed by atoms with Gasteiger partial charge in [-0.05, 0) is 38.7 Å². The maximum absolute atomic E-state index is 11.3. The zero-order chi connectivity index (χ0) is 15.8. The molecule has 2 atom stereocenters. The zero-order valence-electron chi connectivity index (χ0n) is 13.6. The molecule has 1 aromatic rings. The van der Waals surface area contributed by atoms with E-state index in [-0.39, 0.29) is 18.1 Å². The molecule has 0 fully saturated rings. The van der Waals surface area contributed by atoms with Crippen LogP contribution in [0.1, 0.15) is 24.9 Å². The molecule has 1 rings (SSSR count). The first-order valence-corrected chi connectivity index (χ1v) is 7.08. The summed E-state index contributed by atoms with van der Waals surface area (Å²) in [6, 6.07) is 8.33. The van der Waals surface area contributed by atoms with Gasteiger partial charge in [-0.1, -0.05) is 12.1 Å². The second-order valence-corrected chi connectivity index (χ2v) is 5.35. The quantitative estimate of drug-likeness (QED) is 0.741. The van der Waals surface area contributed by atoms with Crippen LogP contribution in [-0.4, -0.2) is 51.8 Å². The Hall–Kier alpha value is -1.59. The van der Waals surface area contributed by atoms with Crippen LogP contribution in [0.3, 0.4) is 0 Å². The third-order valence-electron chi connectivity index (χ3n) is 3.46. The highest BCUT2D eigenvalue weighted by Crippen LogP contribution is 2.22. The van der Waals surface area contributed by atoms with E-state index >= 15 is 0 Å². The number of methoxy groups -OCH3 is 2. The number of likely N-dealkylation sites (N-methyl/N-ethyl adjacent to an activating group) is 1. The molecule has 1 aromatic carbocycles. The second-order valence-electron chi connectivity index (χ2n) is 5.35. The van der Waals surface area contributed by atoms with Crippen molar-refractivity contribution in [2.24, 2.45) is 0 Å². The molecule has 5 heteroatoms. The van der Waals surface area contributed by atoms with E-state index in [2.05, 4.69) is 21.0 Å². The third kappa shape index (κ3) is 5.73. The van der Waals surface area contributed by atoms with E-state index in [0.29, 0.717) is 6.42 Å². The Morgan fingerprint density at radius 2 is 2.05 bits per heavy atom. The number of carbonyl (C=O) groups excluding carboxylic acids is 1. The van der Waals surface area contributed by atoms with E-state index in [1.807, 2.05) is 39.2 Å². The number of ether oxygens (including phenoxy) is 2. The van der Waals surface area contributed by atoms with Crippen molar-refractivity contribution in [1.82, 2.24) is 10.2 Å². The maximum Gasteiger partial charge on any atom is 0.307 e. The minimum absolute atomic E-state index is 0.0745. The van der Waals surface area contributed by atoms with Gasteiger partial charge in [0.1, 0.15) is 5.75 Å². The monoisotopic (exact) mass is 294 g/mol. The van der Waals surface area contributed by atoms with Gasteiger partial charge < -0.3 is 19.7 Å². The van der Waals surface area contributed by atoms with E-state index in [4.69, 9.17) is 4.74 Å². The van der Waals surface area contributed by atoms with Crippen LogP contribution in [0, 0.1) is 0 Å². The van der Waals surface area contributed by atoms with Crippen molar-refractivity contribution in [3.05, 3.63) is 29.8 Å². The van der Waals surface area contributed by atoms with E-state index in [0.717, 1.165) is 12.3 Å². The topological polar surface area (TPSA) is 50.8 Å². The molecule has 0 bridgehead atoms. The van der Waals surface area contributed by atoms with Gasteiger partial charge in [0.25, 0.3) is 0 Å². The molecule has 0 aromatic heterocycles. The van der Waals surface area contributed by atoms with Crippen LogP contribution >= 0.6 is 0 Å². The molecule has 1 N–H and O–H groups in total. The molecule has 0 aliphatic carbocycles. The molecule has 2 unspecified atom stereocenters. The number of nitrogens with one attached hydrogen (secondary N) is 1. The first-order chi connectivity index (χ1) is 9.97. The fraction of sp³-hybridized carbons (Fsp3) is 0.562. The molecular weight excluding hydrogens is 268 g/mol. The minimum Gasteiger partial charge on any atom is -0.497 e. The molecule has 118 valence electrons. The van der Waals surface area contributed by atoms with Crippen LogP contribution in [-0.2, 0) is 9.53 Å². The lowest BCUT2D eigenvalue weighted by atomic mass is 10.0. The van der Waals surface area contributed by atoms with E-state index < -0.39 is 0 Å². The standard InChI is InChI=1S/C16H26N2O3/c1-12(9-16(19)21-5)17-11-15(18(2)3)13-7-6-8-14(10-13)20-4/h6-8,10,12,15,17H,9,11H2,1-5H3. The Labute approximate surface area is 127 Å². The lowest BCUT2D eigenvalue weighted by molar-refractivity contribution is -0.141. The normalized spacial score (nSPS) is 13.8. The Bertz CT molecular complexity index is 449. The lowest BCUT2D eigenvalue weighted by Gasteiger charge is -2.27. The summed E-state index contributed by atoms with van der Waals surface area (Å²) in [6.45, 7) is 2.73. The van der Waals surface area contributed by atoms with Crippen molar-refractivity contribution in [1.29, 1.82) is 0 Å². The van der Waals surface area contributed by atoms with Crippen molar-refractivity contribution in [2.75, 3.05) is 34.9 Å². The summed E-state index contributed by atoms with van der Waals surface area (Å²) in [5.41, 5.74) is 1.18. The van der Waals surface area contributed by atoms with Gasteiger partial charge >= 0.3 is 5.97 Å². The predicted octanol–water partition coefficient (Wildman–Crippen LogP) is 1.84. The largest absolute Gasteiger partial charge is 0.497 e. The number of nitrogens with zero attached hydrogens (tertiary/aromatic N) is 1. The Morgan fingerprint density at radius 1 is 1.33 bits per heavy atom. The molecule has 0 saturated heterocycles. The summed E-state index contributed by atoms with van der Waals surface area (Å²) in [5, 5.41) is 3.38. The fourth-order valence-corrected chi connectivity index (χ4v) is 2.17. The molecule has 0 heterocycles. The van der Waals surface area contributed by atoms with Crippen LogP contribution in [0.5, 0.6) is 5.75 Å². The minimum atomic E-state index is -0.196. The Kier molecular flexibility index (Phi) is 7.19. The van der Waals surface area contributed by atoms with Gasteiger partial charge in [-0.3, -0.25) is 4.79 Å². The first kappa shape index (κ1) is 17.5. The van der Waals surface area contributed by atoms with Crippen molar-refractivity contribution in [3.8, 4) is 5.75 Å². The molecule has 0 aliphatic rings. The van der Waals surface area contributed by atoms with Gasteiger partial charge in [-0.15, -0.1) is 0 Å². The zero-order valence-corrected chi connectivity index (χ0v) is 13.6. The maximum atomic E-state index is 11.3. The highest BCUT2D eigenvalue weighted by Gasteiger charge is 2.17. The number of esters is 1. The van der Waals surface area contributed by atoms with Gasteiger partial charge in [0.2, 0.25) is 0 Å². The summed E-state index contributed by atoms with van der Waals surface area (Å²) in [5.74, 6) is 0.653. The van der Waals surface area contributed by atoms with Crippen molar-refractivity contribution in [2.45, 2.75) is 25.4 Å². The van der Waals surface area contributed by atoms with Crippen molar-refractivity contribution >= 4 is 5.97 Å². The highest BCUT2D eigenvalue weighted by molar-refractivity contribution is 5.69. The fourth-order valence-electron chi connectivity index (χ4n) is 2.17. The van der Waals surface area contributed by atoms with Crippen LogP contribution in [0.15, 0.2) is 24.3 Å². The van der Waals surface area contributed by atoms with Gasteiger partial charge in [0, 0.05) is 18.6 Å². The Balaban J connectivity index is 2.67. The Morgan fingerprint density at radius 3 is 2.62 bits per heavy atom. The van der Waals surface area contributed by atoms with Crippen molar-refractivity contribution in [3.63, 3.8) is 0 Å². The highest BCUT2D eigenvalue weighted by atomic mass is 16.5. The summed E-state index contributed by atoms with van der Waals surface area (Å²) in [6.07, 6.45) is 0.370. The number of benzene rings is 1. The van der Waals surface area contributed by atoms with E-state index in [9.17, 15) is 4.79 Å². The number of rotatable bonds is 8. The summed E-state index contributed by atoms with van der Waals surface area (Å²) >= 11 is 0. The van der Waals surface area contributed by atoms with E-state index in [1.54, 1.807) is 7.11 Å². The number of hydrogen-bond donors (Lipinski definition) is 1. The first-order valence-electron chi connectivity index (χ1n) is 7.08. The number of hydrogen-bond acceptors (Lipinski definition) is 5. The summed E-state index contributed by atoms with van der Waals surface area (Å²) < 4.78 is 9.96. The van der Waals surface area contributed by atoms with Crippen molar-refractivity contribution < 1.29 is 14.3 Å².